The molecule has 4 N–H and O–H groups in total. The lowest BCUT2D eigenvalue weighted by Crippen LogP contribution is -2.35. The first-order chi connectivity index (χ1) is 23.1. The third-order valence-corrected chi connectivity index (χ3v) is 13.3. The summed E-state index contributed by atoms with van der Waals surface area (Å²) in [5, 5.41) is 9.00. The Kier molecular flexibility index (Phi) is 5.88. The van der Waals surface area contributed by atoms with E-state index in [4.69, 9.17) is 14.7 Å². The average molecular weight is 648 g/mol. The van der Waals surface area contributed by atoms with Gasteiger partial charge in [0, 0.05) is 44.5 Å². The third-order valence-electron chi connectivity index (χ3n) is 11.8. The first kappa shape index (κ1) is 27.5. The molecular weight excluding hydrogens is 610 g/mol. The van der Waals surface area contributed by atoms with Crippen LogP contribution in [0.2, 0.25) is 0 Å². The summed E-state index contributed by atoms with van der Waals surface area (Å²) in [5.41, 5.74) is 5.77. The molecule has 0 radical (unpaired) electrons. The lowest BCUT2D eigenvalue weighted by atomic mass is 9.87. The molecule has 2 saturated carbocycles. The van der Waals surface area contributed by atoms with E-state index in [-0.39, 0.29) is 18.1 Å². The van der Waals surface area contributed by atoms with Gasteiger partial charge in [0.2, 0.25) is 0 Å². The number of benzene rings is 1. The molecule has 10 heteroatoms. The summed E-state index contributed by atoms with van der Waals surface area (Å²) < 4.78 is 25.6. The Labute approximate surface area is 276 Å². The van der Waals surface area contributed by atoms with Crippen LogP contribution in [-0.4, -0.2) is 47.9 Å². The zero-order valence-electron chi connectivity index (χ0n) is 26.2. The molecule has 47 heavy (non-hydrogen) atoms. The number of fused-ring (bicyclic) bond motifs is 7. The van der Waals surface area contributed by atoms with E-state index in [0.717, 1.165) is 88.3 Å². The summed E-state index contributed by atoms with van der Waals surface area (Å²) >= 11 is 1.91. The second kappa shape index (κ2) is 10.0. The molecule has 4 aromatic rings. The van der Waals surface area contributed by atoms with Crippen molar-refractivity contribution in [1.29, 1.82) is 0 Å². The minimum absolute atomic E-state index is 0.175. The number of allylic oxidation sites excluding steroid dienone is 3. The Balaban J connectivity index is 0.954. The van der Waals surface area contributed by atoms with Crippen molar-refractivity contribution in [3.8, 4) is 11.3 Å². The highest BCUT2D eigenvalue weighted by Crippen LogP contribution is 2.52. The molecule has 240 valence electrons. The number of thioether (sulfide) groups is 1. The third kappa shape index (κ3) is 4.37. The number of hydrogen-bond acceptors (Lipinski definition) is 6. The largest absolute Gasteiger partial charge is 0.345 e. The molecular formula is C37H38FN7OS. The fraction of sp³-hybridized carbons (Fsp3) is 0.459. The molecule has 4 fully saturated rings. The summed E-state index contributed by atoms with van der Waals surface area (Å²) in [6, 6.07) is 10.6. The standard InChI is InChI=1S/C37H38FN7OS/c1-2-22-4-6-33(47-22)37-45-30-5-3-17(28-15-39-35(43-28)26-11-19-9-24(19)41-26)7-21(30)13-31(45)34-23(38)8-18(14-32(34)46-37)29-16-40-36(44-29)27-12-20-10-25(20)42-27/h3,5-8,13-16,19-20,22,24-27,32,34,37,41-42H,2,4,9-12H2,1H3,(H,39,43)(H,40,44)/t19-,20-,22+,24-,25-,26+,27+,32?,34-,37?/m1/s1. The van der Waals surface area contributed by atoms with Crippen LogP contribution in [0.3, 0.4) is 0 Å². The van der Waals surface area contributed by atoms with Gasteiger partial charge >= 0.3 is 0 Å². The molecule has 10 atom stereocenters. The molecule has 0 bridgehead atoms. The molecule has 7 aliphatic rings. The predicted octanol–water partition coefficient (Wildman–Crippen LogP) is 7.33. The van der Waals surface area contributed by atoms with E-state index in [1.807, 2.05) is 24.2 Å². The van der Waals surface area contributed by atoms with Gasteiger partial charge in [0.15, 0.2) is 6.23 Å². The van der Waals surface area contributed by atoms with Gasteiger partial charge in [-0.15, -0.1) is 11.8 Å². The zero-order valence-corrected chi connectivity index (χ0v) is 27.1. The molecule has 4 aliphatic heterocycles. The number of aromatic amines is 2. The van der Waals surface area contributed by atoms with Gasteiger partial charge in [-0.3, -0.25) is 0 Å². The fourth-order valence-electron chi connectivity index (χ4n) is 8.97. The maximum Gasteiger partial charge on any atom is 0.166 e. The Hall–Kier alpha value is -3.44. The van der Waals surface area contributed by atoms with Gasteiger partial charge in [-0.25, -0.2) is 14.4 Å². The molecule has 0 amide bonds. The molecule has 7 heterocycles. The maximum atomic E-state index is 16.4. The second-order valence-corrected chi connectivity index (χ2v) is 16.1. The lowest BCUT2D eigenvalue weighted by molar-refractivity contribution is -0.0354. The van der Waals surface area contributed by atoms with Crippen LogP contribution in [0.4, 0.5) is 4.39 Å². The lowest BCUT2D eigenvalue weighted by Gasteiger charge is -2.39. The van der Waals surface area contributed by atoms with Crippen LogP contribution in [0, 0.1) is 11.8 Å². The highest BCUT2D eigenvalue weighted by molar-refractivity contribution is 8.03. The van der Waals surface area contributed by atoms with Crippen molar-refractivity contribution in [1.82, 2.24) is 35.1 Å². The molecule has 1 aromatic carbocycles. The van der Waals surface area contributed by atoms with Gasteiger partial charge in [0.1, 0.15) is 17.5 Å². The highest BCUT2D eigenvalue weighted by atomic mass is 32.2. The molecule has 2 saturated heterocycles. The topological polar surface area (TPSA) is 95.6 Å². The molecule has 0 spiro atoms. The van der Waals surface area contributed by atoms with Crippen molar-refractivity contribution < 1.29 is 9.13 Å². The SMILES string of the molecule is CC[C@H]1CC=C(C2OC3C=C(c4cnc([C@@H]5C[C@H]6C[C@H]6N5)[nH]4)C=C(F)[C@@H]3c3cc4cc(-c5cnc([C@@H]6C[C@H]7C[C@H]7N6)[nH]5)ccc4n32)S1. The number of hydrogen-bond donors (Lipinski definition) is 4. The van der Waals surface area contributed by atoms with Crippen LogP contribution >= 0.6 is 11.8 Å². The minimum atomic E-state index is -0.510. The van der Waals surface area contributed by atoms with Crippen LogP contribution in [0.25, 0.3) is 27.7 Å². The summed E-state index contributed by atoms with van der Waals surface area (Å²) in [7, 11) is 0. The number of nitrogens with zero attached hydrogens (tertiary/aromatic N) is 3. The number of rotatable bonds is 6. The number of halogens is 1. The van der Waals surface area contributed by atoms with Crippen molar-refractivity contribution >= 4 is 28.2 Å². The van der Waals surface area contributed by atoms with Crippen LogP contribution in [0.5, 0.6) is 0 Å². The summed E-state index contributed by atoms with van der Waals surface area (Å²) in [5.74, 6) is 2.88. The maximum absolute atomic E-state index is 16.4. The quantitative estimate of drug-likeness (QED) is 0.175. The van der Waals surface area contributed by atoms with Crippen LogP contribution < -0.4 is 10.6 Å². The van der Waals surface area contributed by atoms with Gasteiger partial charge < -0.3 is 29.9 Å². The van der Waals surface area contributed by atoms with Gasteiger partial charge in [-0.05, 0) is 80.7 Å². The summed E-state index contributed by atoms with van der Waals surface area (Å²) in [6.45, 7) is 2.25. The zero-order chi connectivity index (χ0) is 31.0. The van der Waals surface area contributed by atoms with Crippen molar-refractivity contribution in [3.63, 3.8) is 0 Å². The van der Waals surface area contributed by atoms with Crippen molar-refractivity contribution in [3.05, 3.63) is 88.7 Å². The van der Waals surface area contributed by atoms with Crippen molar-refractivity contribution in [2.75, 3.05) is 0 Å². The van der Waals surface area contributed by atoms with Gasteiger partial charge in [0.25, 0.3) is 0 Å². The Morgan fingerprint density at radius 3 is 2.40 bits per heavy atom. The van der Waals surface area contributed by atoms with Crippen LogP contribution in [0.15, 0.2) is 65.6 Å². The number of imidazole rings is 2. The Morgan fingerprint density at radius 1 is 0.957 bits per heavy atom. The highest BCUT2D eigenvalue weighted by Gasteiger charge is 2.48. The smallest absolute Gasteiger partial charge is 0.166 e. The predicted molar refractivity (Wildman–Crippen MR) is 181 cm³/mol. The van der Waals surface area contributed by atoms with Crippen molar-refractivity contribution in [2.24, 2.45) is 11.8 Å². The van der Waals surface area contributed by atoms with E-state index in [1.165, 1.54) is 17.7 Å². The minimum Gasteiger partial charge on any atom is -0.345 e. The van der Waals surface area contributed by atoms with Gasteiger partial charge in [0.05, 0.1) is 53.4 Å². The molecule has 3 aromatic heterocycles. The first-order valence-electron chi connectivity index (χ1n) is 17.4. The second-order valence-electron chi connectivity index (χ2n) is 14.8. The normalized spacial score (nSPS) is 36.4. The molecule has 8 nitrogen and oxygen atoms in total. The van der Waals surface area contributed by atoms with Crippen LogP contribution in [-0.2, 0) is 4.74 Å². The van der Waals surface area contributed by atoms with E-state index in [0.29, 0.717) is 23.4 Å². The molecule has 3 aliphatic carbocycles. The first-order valence-corrected chi connectivity index (χ1v) is 18.3. The number of aromatic nitrogens is 5. The van der Waals surface area contributed by atoms with E-state index in [2.05, 4.69) is 68.5 Å². The number of nitrogens with one attached hydrogen (secondary N) is 4. The van der Waals surface area contributed by atoms with Gasteiger partial charge in [-0.1, -0.05) is 19.1 Å². The van der Waals surface area contributed by atoms with Crippen molar-refractivity contribution in [2.45, 2.75) is 93.1 Å². The van der Waals surface area contributed by atoms with Gasteiger partial charge in [-0.2, -0.15) is 0 Å². The Bertz CT molecular complexity index is 2020. The van der Waals surface area contributed by atoms with E-state index in [1.54, 1.807) is 6.08 Å². The van der Waals surface area contributed by atoms with E-state index in [9.17, 15) is 0 Å². The number of piperidine rings is 2. The summed E-state index contributed by atoms with van der Waals surface area (Å²) in [4.78, 5) is 17.8. The average Bonchev–Trinajstić information content (AvgIpc) is 3.64. The van der Waals surface area contributed by atoms with E-state index < -0.39 is 12.0 Å². The Morgan fingerprint density at radius 2 is 1.70 bits per heavy atom. The van der Waals surface area contributed by atoms with Crippen LogP contribution in [0.1, 0.15) is 92.7 Å². The fourth-order valence-corrected chi connectivity index (χ4v) is 10.2. The molecule has 2 unspecified atom stereocenters. The molecule has 11 rings (SSSR count). The summed E-state index contributed by atoms with van der Waals surface area (Å²) in [6.07, 6.45) is 16.2. The number of H-pyrrole nitrogens is 2. The van der Waals surface area contributed by atoms with E-state index >= 15 is 4.39 Å². The monoisotopic (exact) mass is 647 g/mol. The number of ether oxygens (including phenoxy) is 1.